The second-order valence-corrected chi connectivity index (χ2v) is 8.78. The van der Waals surface area contributed by atoms with Gasteiger partial charge in [-0.1, -0.05) is 24.6 Å². The molecule has 1 fully saturated rings. The van der Waals surface area contributed by atoms with Crippen LogP contribution in [-0.2, 0) is 14.8 Å². The van der Waals surface area contributed by atoms with Crippen LogP contribution < -0.4 is 10.6 Å². The van der Waals surface area contributed by atoms with Gasteiger partial charge < -0.3 is 5.32 Å². The highest BCUT2D eigenvalue weighted by Gasteiger charge is 2.25. The first-order valence-corrected chi connectivity index (χ1v) is 11.0. The van der Waals surface area contributed by atoms with Crippen LogP contribution in [0.5, 0.6) is 0 Å². The molecule has 0 aliphatic carbocycles. The van der Waals surface area contributed by atoms with Gasteiger partial charge in [-0.05, 0) is 31.9 Å². The minimum absolute atomic E-state index is 0.0162. The molecule has 0 bridgehead atoms. The van der Waals surface area contributed by atoms with Crippen molar-refractivity contribution in [3.05, 3.63) is 18.3 Å². The van der Waals surface area contributed by atoms with Crippen LogP contribution in [0.25, 0.3) is 0 Å². The maximum absolute atomic E-state index is 12.7. The number of amides is 3. The molecule has 0 unspecified atom stereocenters. The summed E-state index contributed by atoms with van der Waals surface area (Å²) in [6.07, 6.45) is 5.18. The van der Waals surface area contributed by atoms with Gasteiger partial charge in [0.15, 0.2) is 0 Å². The number of hydrogen-bond donors (Lipinski definition) is 2. The molecule has 0 atom stereocenters. The van der Waals surface area contributed by atoms with Crippen LogP contribution >= 0.6 is 11.8 Å². The quantitative estimate of drug-likeness (QED) is 0.702. The lowest BCUT2D eigenvalue weighted by Crippen LogP contribution is -2.40. The summed E-state index contributed by atoms with van der Waals surface area (Å²) in [7, 11) is -3.53. The van der Waals surface area contributed by atoms with E-state index >= 15 is 0 Å². The number of pyridine rings is 1. The zero-order valence-electron chi connectivity index (χ0n) is 14.7. The largest absolute Gasteiger partial charge is 0.338 e. The first kappa shape index (κ1) is 20.7. The van der Waals surface area contributed by atoms with Gasteiger partial charge in [-0.3, -0.25) is 10.1 Å². The molecule has 0 saturated carbocycles. The second kappa shape index (κ2) is 9.89. The summed E-state index contributed by atoms with van der Waals surface area (Å²) in [5.41, 5.74) is 0. The third-order valence-electron chi connectivity index (χ3n) is 3.85. The van der Waals surface area contributed by atoms with E-state index in [1.807, 2.05) is 0 Å². The Bertz CT molecular complexity index is 714. The summed E-state index contributed by atoms with van der Waals surface area (Å²) < 4.78 is 26.9. The highest BCUT2D eigenvalue weighted by Crippen LogP contribution is 2.22. The lowest BCUT2D eigenvalue weighted by molar-refractivity contribution is -0.117. The zero-order chi connectivity index (χ0) is 19.0. The van der Waals surface area contributed by atoms with Gasteiger partial charge in [0.25, 0.3) is 0 Å². The highest BCUT2D eigenvalue weighted by atomic mass is 32.2. The molecule has 3 amide bonds. The number of carbonyl (C=O) groups is 2. The molecule has 0 radical (unpaired) electrons. The summed E-state index contributed by atoms with van der Waals surface area (Å²) in [5.74, 6) is -0.425. The Morgan fingerprint density at radius 3 is 2.46 bits per heavy atom. The molecule has 1 aliphatic rings. The van der Waals surface area contributed by atoms with E-state index in [0.29, 0.717) is 24.7 Å². The van der Waals surface area contributed by atoms with E-state index in [9.17, 15) is 18.0 Å². The van der Waals surface area contributed by atoms with Gasteiger partial charge in [-0.15, -0.1) is 0 Å². The molecule has 144 valence electrons. The highest BCUT2D eigenvalue weighted by molar-refractivity contribution is 7.99. The molecule has 1 aliphatic heterocycles. The molecule has 2 rings (SSSR count). The normalized spacial score (nSPS) is 15.9. The number of rotatable bonds is 6. The first-order chi connectivity index (χ1) is 12.4. The van der Waals surface area contributed by atoms with Crippen LogP contribution in [0, 0.1) is 0 Å². The van der Waals surface area contributed by atoms with E-state index in [1.165, 1.54) is 16.6 Å². The van der Waals surface area contributed by atoms with Crippen molar-refractivity contribution in [2.24, 2.45) is 0 Å². The average Bonchev–Trinajstić information content (AvgIpc) is 2.90. The van der Waals surface area contributed by atoms with E-state index in [2.05, 4.69) is 15.6 Å². The topological polar surface area (TPSA) is 108 Å². The molecule has 0 spiro atoms. The molecular formula is C16H24N4O4S2. The Morgan fingerprint density at radius 2 is 1.88 bits per heavy atom. The van der Waals surface area contributed by atoms with Crippen LogP contribution in [-0.4, -0.2) is 55.0 Å². The number of nitrogens with one attached hydrogen (secondary N) is 2. The maximum atomic E-state index is 12.7. The van der Waals surface area contributed by atoms with Crippen molar-refractivity contribution >= 4 is 33.7 Å². The van der Waals surface area contributed by atoms with E-state index in [-0.39, 0.29) is 10.6 Å². The molecule has 1 aromatic heterocycles. The Hall–Kier alpha value is -1.65. The zero-order valence-corrected chi connectivity index (χ0v) is 16.4. The van der Waals surface area contributed by atoms with E-state index in [4.69, 9.17) is 0 Å². The molecule has 8 nitrogen and oxygen atoms in total. The number of urea groups is 1. The molecular weight excluding hydrogens is 376 g/mol. The fraction of sp³-hybridized carbons (Fsp3) is 0.562. The molecule has 1 aromatic rings. The van der Waals surface area contributed by atoms with Crippen molar-refractivity contribution in [1.29, 1.82) is 0 Å². The Morgan fingerprint density at radius 1 is 1.19 bits per heavy atom. The van der Waals surface area contributed by atoms with Crippen LogP contribution in [0.4, 0.5) is 4.79 Å². The summed E-state index contributed by atoms with van der Waals surface area (Å²) in [5, 5.41) is 5.18. The summed E-state index contributed by atoms with van der Waals surface area (Å²) in [6.45, 7) is 3.27. The Kier molecular flexibility index (Phi) is 7.85. The Balaban J connectivity index is 1.93. The number of aromatic nitrogens is 1. The van der Waals surface area contributed by atoms with E-state index in [1.54, 1.807) is 13.0 Å². The predicted molar refractivity (Wildman–Crippen MR) is 99.4 cm³/mol. The third kappa shape index (κ3) is 5.96. The lowest BCUT2D eigenvalue weighted by Gasteiger charge is -2.19. The van der Waals surface area contributed by atoms with Gasteiger partial charge >= 0.3 is 6.03 Å². The number of sulfonamides is 1. The SMILES string of the molecule is CCNC(=O)NC(=O)CSc1ccc(S(=O)(=O)N2CCCCCC2)cn1. The van der Waals surface area contributed by atoms with Crippen LogP contribution in [0.1, 0.15) is 32.6 Å². The van der Waals surface area contributed by atoms with Crippen molar-refractivity contribution in [3.63, 3.8) is 0 Å². The Labute approximate surface area is 158 Å². The van der Waals surface area contributed by atoms with Crippen LogP contribution in [0.2, 0.25) is 0 Å². The van der Waals surface area contributed by atoms with Crippen LogP contribution in [0.3, 0.4) is 0 Å². The standard InChI is InChI=1S/C16H24N4O4S2/c1-2-17-16(22)19-14(21)12-25-15-8-7-13(11-18-15)26(23,24)20-9-5-3-4-6-10-20/h7-8,11H,2-6,9-10,12H2,1H3,(H2,17,19,21,22). The fourth-order valence-electron chi connectivity index (χ4n) is 2.54. The monoisotopic (exact) mass is 400 g/mol. The van der Waals surface area contributed by atoms with Gasteiger partial charge in [0.05, 0.1) is 10.8 Å². The van der Waals surface area contributed by atoms with E-state index < -0.39 is 22.0 Å². The van der Waals surface area contributed by atoms with Crippen molar-refractivity contribution < 1.29 is 18.0 Å². The second-order valence-electron chi connectivity index (χ2n) is 5.85. The minimum Gasteiger partial charge on any atom is -0.338 e. The minimum atomic E-state index is -3.53. The van der Waals surface area contributed by atoms with Crippen LogP contribution in [0.15, 0.2) is 28.3 Å². The van der Waals surface area contributed by atoms with Crippen molar-refractivity contribution in [2.75, 3.05) is 25.4 Å². The van der Waals surface area contributed by atoms with Gasteiger partial charge in [0.1, 0.15) is 4.90 Å². The molecule has 0 aromatic carbocycles. The molecule has 2 N–H and O–H groups in total. The number of nitrogens with zero attached hydrogens (tertiary/aromatic N) is 2. The third-order valence-corrected chi connectivity index (χ3v) is 6.68. The number of thioether (sulfide) groups is 1. The summed E-state index contributed by atoms with van der Waals surface area (Å²) >= 11 is 1.14. The lowest BCUT2D eigenvalue weighted by atomic mass is 10.2. The molecule has 10 heteroatoms. The molecule has 2 heterocycles. The van der Waals surface area contributed by atoms with Crippen molar-refractivity contribution in [2.45, 2.75) is 42.5 Å². The first-order valence-electron chi connectivity index (χ1n) is 8.60. The predicted octanol–water partition coefficient (Wildman–Crippen LogP) is 1.58. The number of imide groups is 1. The number of carbonyl (C=O) groups excluding carboxylic acids is 2. The fourth-order valence-corrected chi connectivity index (χ4v) is 4.65. The van der Waals surface area contributed by atoms with Gasteiger partial charge in [0.2, 0.25) is 15.9 Å². The smallest absolute Gasteiger partial charge is 0.321 e. The average molecular weight is 401 g/mol. The van der Waals surface area contributed by atoms with Gasteiger partial charge in [0, 0.05) is 25.8 Å². The van der Waals surface area contributed by atoms with Crippen molar-refractivity contribution in [1.82, 2.24) is 19.9 Å². The van der Waals surface area contributed by atoms with Gasteiger partial charge in [-0.25, -0.2) is 18.2 Å². The number of hydrogen-bond acceptors (Lipinski definition) is 6. The van der Waals surface area contributed by atoms with Gasteiger partial charge in [-0.2, -0.15) is 4.31 Å². The maximum Gasteiger partial charge on any atom is 0.321 e. The van der Waals surface area contributed by atoms with E-state index in [0.717, 1.165) is 37.4 Å². The summed E-state index contributed by atoms with van der Waals surface area (Å²) in [4.78, 5) is 27.2. The van der Waals surface area contributed by atoms with Crippen molar-refractivity contribution in [3.8, 4) is 0 Å². The molecule has 1 saturated heterocycles. The summed E-state index contributed by atoms with van der Waals surface area (Å²) in [6, 6.07) is 2.55. The molecule has 26 heavy (non-hydrogen) atoms.